The molecule has 0 spiro atoms. The molecule has 5 rings (SSSR count). The van der Waals surface area contributed by atoms with E-state index in [1.165, 1.54) is 11.5 Å². The van der Waals surface area contributed by atoms with Crippen molar-refractivity contribution in [1.29, 1.82) is 0 Å². The highest BCUT2D eigenvalue weighted by Gasteiger charge is 2.33. The largest absolute Gasteiger partial charge is 0.352 e. The highest BCUT2D eigenvalue weighted by Crippen LogP contribution is 2.30. The van der Waals surface area contributed by atoms with Crippen LogP contribution in [0.5, 0.6) is 0 Å². The number of carbonyl (C=O) groups excluding carboxylic acids is 1. The highest BCUT2D eigenvalue weighted by atomic mass is 32.1. The number of alkyl halides is 1. The third-order valence-electron chi connectivity index (χ3n) is 4.58. The summed E-state index contributed by atoms with van der Waals surface area (Å²) in [4.78, 5) is 24.8. The van der Waals surface area contributed by atoms with Gasteiger partial charge in [0.2, 0.25) is 0 Å². The predicted molar refractivity (Wildman–Crippen MR) is 93.5 cm³/mol. The molecular formula is C16H14FN7OS. The molecule has 0 aromatic carbocycles. The topological polar surface area (TPSA) is 80.0 Å². The minimum absolute atomic E-state index is 0.0915. The molecular weight excluding hydrogens is 357 g/mol. The number of carbonyl (C=O) groups is 1. The van der Waals surface area contributed by atoms with Crippen molar-refractivity contribution in [1.82, 2.24) is 24.1 Å². The molecule has 0 radical (unpaired) electrons. The van der Waals surface area contributed by atoms with Crippen LogP contribution in [0.1, 0.15) is 22.5 Å². The standard InChI is InChI=1S/C16H14FN7OS/c17-10-2-4-22(7-10)13-5-19-14(6-18-13)24-8-11-12(21-24)9-23(16(11)25)15-1-3-20-26-15/h1,3,5-6,8,10H,2,4,7,9H2/t10-/m1/s1. The van der Waals surface area contributed by atoms with E-state index >= 15 is 0 Å². The van der Waals surface area contributed by atoms with Crippen LogP contribution in [0, 0.1) is 0 Å². The van der Waals surface area contributed by atoms with Gasteiger partial charge in [-0.2, -0.15) is 9.47 Å². The second kappa shape index (κ2) is 5.84. The number of halogens is 1. The molecule has 10 heteroatoms. The summed E-state index contributed by atoms with van der Waals surface area (Å²) < 4.78 is 18.9. The van der Waals surface area contributed by atoms with Gasteiger partial charge in [0.25, 0.3) is 5.91 Å². The monoisotopic (exact) mass is 371 g/mol. The Labute approximate surface area is 152 Å². The number of amides is 1. The van der Waals surface area contributed by atoms with Crippen molar-refractivity contribution < 1.29 is 9.18 Å². The van der Waals surface area contributed by atoms with E-state index in [2.05, 4.69) is 19.4 Å². The van der Waals surface area contributed by atoms with E-state index in [1.54, 1.807) is 34.4 Å². The number of anilines is 2. The second-order valence-corrected chi connectivity index (χ2v) is 7.05. The molecule has 0 bridgehead atoms. The zero-order valence-corrected chi connectivity index (χ0v) is 14.4. The maximum atomic E-state index is 13.3. The molecule has 2 aliphatic rings. The quantitative estimate of drug-likeness (QED) is 0.699. The molecule has 0 unspecified atom stereocenters. The second-order valence-electron chi connectivity index (χ2n) is 6.24. The molecule has 0 saturated carbocycles. The molecule has 132 valence electrons. The molecule has 26 heavy (non-hydrogen) atoms. The third kappa shape index (κ3) is 2.45. The van der Waals surface area contributed by atoms with Gasteiger partial charge in [0, 0.05) is 18.9 Å². The normalized spacial score (nSPS) is 19.4. The number of rotatable bonds is 3. The van der Waals surface area contributed by atoms with Crippen molar-refractivity contribution in [3.63, 3.8) is 0 Å². The van der Waals surface area contributed by atoms with E-state index in [-0.39, 0.29) is 5.91 Å². The summed E-state index contributed by atoms with van der Waals surface area (Å²) in [5.74, 6) is 1.09. The third-order valence-corrected chi connectivity index (χ3v) is 5.35. The fourth-order valence-electron chi connectivity index (χ4n) is 3.24. The first-order valence-corrected chi connectivity index (χ1v) is 8.99. The average molecular weight is 371 g/mol. The van der Waals surface area contributed by atoms with Gasteiger partial charge >= 0.3 is 0 Å². The van der Waals surface area contributed by atoms with Crippen molar-refractivity contribution in [3.8, 4) is 5.82 Å². The molecule has 8 nitrogen and oxygen atoms in total. The fourth-order valence-corrected chi connectivity index (χ4v) is 3.83. The summed E-state index contributed by atoms with van der Waals surface area (Å²) in [6.07, 6.45) is 6.27. The molecule has 0 aliphatic carbocycles. The molecule has 1 fully saturated rings. The number of aromatic nitrogens is 5. The van der Waals surface area contributed by atoms with Crippen LogP contribution in [0.3, 0.4) is 0 Å². The van der Waals surface area contributed by atoms with Crippen molar-refractivity contribution in [2.75, 3.05) is 22.9 Å². The Balaban J connectivity index is 1.37. The first kappa shape index (κ1) is 15.4. The lowest BCUT2D eigenvalue weighted by atomic mass is 10.3. The summed E-state index contributed by atoms with van der Waals surface area (Å²) >= 11 is 1.28. The molecule has 1 amide bonds. The Kier molecular flexibility index (Phi) is 3.45. The summed E-state index contributed by atoms with van der Waals surface area (Å²) in [6.45, 7) is 1.42. The van der Waals surface area contributed by atoms with Crippen LogP contribution in [0.15, 0.2) is 30.9 Å². The van der Waals surface area contributed by atoms with Crippen LogP contribution in [0.2, 0.25) is 0 Å². The van der Waals surface area contributed by atoms with E-state index in [4.69, 9.17) is 0 Å². The van der Waals surface area contributed by atoms with Gasteiger partial charge in [-0.15, -0.1) is 0 Å². The van der Waals surface area contributed by atoms with E-state index in [1.807, 2.05) is 11.0 Å². The van der Waals surface area contributed by atoms with E-state index < -0.39 is 6.17 Å². The van der Waals surface area contributed by atoms with Crippen LogP contribution in [-0.2, 0) is 6.54 Å². The van der Waals surface area contributed by atoms with Gasteiger partial charge < -0.3 is 4.90 Å². The average Bonchev–Trinajstić information content (AvgIpc) is 3.41. The maximum Gasteiger partial charge on any atom is 0.262 e. The number of hydrogen-bond acceptors (Lipinski definition) is 7. The van der Waals surface area contributed by atoms with Crippen LogP contribution in [0.25, 0.3) is 5.82 Å². The first-order chi connectivity index (χ1) is 12.7. The van der Waals surface area contributed by atoms with Crippen LogP contribution in [0.4, 0.5) is 15.2 Å². The molecule has 5 heterocycles. The summed E-state index contributed by atoms with van der Waals surface area (Å²) in [7, 11) is 0. The molecule has 0 N–H and O–H groups in total. The fraction of sp³-hybridized carbons (Fsp3) is 0.312. The summed E-state index contributed by atoms with van der Waals surface area (Å²) in [5, 5.41) is 5.28. The van der Waals surface area contributed by atoms with Crippen molar-refractivity contribution in [2.24, 2.45) is 0 Å². The van der Waals surface area contributed by atoms with Gasteiger partial charge in [-0.05, 0) is 24.0 Å². The number of hydrogen-bond donors (Lipinski definition) is 0. The number of nitrogens with zero attached hydrogens (tertiary/aromatic N) is 7. The minimum atomic E-state index is -0.807. The number of fused-ring (bicyclic) bond motifs is 1. The summed E-state index contributed by atoms with van der Waals surface area (Å²) in [5.41, 5.74) is 1.26. The Hall–Kier alpha value is -2.88. The van der Waals surface area contributed by atoms with E-state index in [0.29, 0.717) is 48.9 Å². The van der Waals surface area contributed by atoms with Gasteiger partial charge in [0.05, 0.1) is 36.7 Å². The van der Waals surface area contributed by atoms with Crippen LogP contribution >= 0.6 is 11.5 Å². The lowest BCUT2D eigenvalue weighted by Gasteiger charge is -2.15. The molecule has 2 aliphatic heterocycles. The van der Waals surface area contributed by atoms with Crippen LogP contribution < -0.4 is 9.80 Å². The summed E-state index contributed by atoms with van der Waals surface area (Å²) in [6, 6.07) is 1.81. The molecule has 1 atom stereocenters. The van der Waals surface area contributed by atoms with E-state index in [0.717, 1.165) is 5.00 Å². The van der Waals surface area contributed by atoms with Gasteiger partial charge in [-0.3, -0.25) is 9.69 Å². The predicted octanol–water partition coefficient (Wildman–Crippen LogP) is 1.83. The van der Waals surface area contributed by atoms with Crippen LogP contribution in [-0.4, -0.2) is 49.3 Å². The zero-order chi connectivity index (χ0) is 17.7. The van der Waals surface area contributed by atoms with Gasteiger partial charge in [0.1, 0.15) is 17.0 Å². The highest BCUT2D eigenvalue weighted by molar-refractivity contribution is 7.10. The lowest BCUT2D eigenvalue weighted by Crippen LogP contribution is -2.23. The van der Waals surface area contributed by atoms with Crippen molar-refractivity contribution in [3.05, 3.63) is 42.1 Å². The minimum Gasteiger partial charge on any atom is -0.352 e. The lowest BCUT2D eigenvalue weighted by molar-refractivity contribution is 0.0997. The Morgan fingerprint density at radius 2 is 2.08 bits per heavy atom. The van der Waals surface area contributed by atoms with E-state index in [9.17, 15) is 9.18 Å². The van der Waals surface area contributed by atoms with Crippen molar-refractivity contribution >= 4 is 28.3 Å². The maximum absolute atomic E-state index is 13.3. The Bertz CT molecular complexity index is 956. The Morgan fingerprint density at radius 1 is 1.23 bits per heavy atom. The molecule has 3 aromatic rings. The van der Waals surface area contributed by atoms with Gasteiger partial charge in [0.15, 0.2) is 5.82 Å². The van der Waals surface area contributed by atoms with Gasteiger partial charge in [-0.1, -0.05) is 0 Å². The first-order valence-electron chi connectivity index (χ1n) is 8.21. The molecule has 1 saturated heterocycles. The van der Waals surface area contributed by atoms with Gasteiger partial charge in [-0.25, -0.2) is 19.0 Å². The Morgan fingerprint density at radius 3 is 2.73 bits per heavy atom. The van der Waals surface area contributed by atoms with Crippen molar-refractivity contribution in [2.45, 2.75) is 19.1 Å². The zero-order valence-electron chi connectivity index (χ0n) is 13.6. The SMILES string of the molecule is O=C1c2cn(-c3cnc(N4CC[C@@H](F)C4)cn3)nc2CN1c1ccns1. The smallest absolute Gasteiger partial charge is 0.262 e. The molecule has 3 aromatic heterocycles.